The van der Waals surface area contributed by atoms with Gasteiger partial charge in [-0.05, 0) is 46.8 Å². The van der Waals surface area contributed by atoms with Gasteiger partial charge in [-0.1, -0.05) is 48.5 Å². The topological polar surface area (TPSA) is 115 Å². The molecule has 32 heavy (non-hydrogen) atoms. The van der Waals surface area contributed by atoms with Crippen LogP contribution in [0.5, 0.6) is 0 Å². The Kier molecular flexibility index (Phi) is 5.28. The molecule has 0 radical (unpaired) electrons. The molecule has 8 heteroatoms. The number of hydrogen-bond acceptors (Lipinski definition) is 6. The summed E-state index contributed by atoms with van der Waals surface area (Å²) in [5.41, 5.74) is 0. The van der Waals surface area contributed by atoms with E-state index in [4.69, 9.17) is 0 Å². The van der Waals surface area contributed by atoms with Crippen LogP contribution in [0.4, 0.5) is 0 Å². The van der Waals surface area contributed by atoms with Crippen LogP contribution in [0, 0.1) is 5.92 Å². The van der Waals surface area contributed by atoms with Crippen molar-refractivity contribution in [2.45, 2.75) is 18.7 Å². The molecule has 4 aromatic carbocycles. The molecular formula is C24H18O7S. The van der Waals surface area contributed by atoms with Crippen molar-refractivity contribution < 1.29 is 32.1 Å². The highest BCUT2D eigenvalue weighted by atomic mass is 32.2. The van der Waals surface area contributed by atoms with E-state index < -0.39 is 33.6 Å². The minimum atomic E-state index is -4.23. The van der Waals surface area contributed by atoms with Gasteiger partial charge in [-0.15, -0.1) is 0 Å². The third-order valence-electron chi connectivity index (χ3n) is 5.30. The Labute approximate surface area is 183 Å². The molecular weight excluding hydrogens is 432 g/mol. The molecule has 1 atom stereocenters. The summed E-state index contributed by atoms with van der Waals surface area (Å²) >= 11 is 0. The molecule has 1 aliphatic rings. The van der Waals surface area contributed by atoms with Crippen LogP contribution in [0.3, 0.4) is 0 Å². The van der Waals surface area contributed by atoms with Crippen LogP contribution in [0.1, 0.15) is 13.8 Å². The summed E-state index contributed by atoms with van der Waals surface area (Å²) in [7, 11) is -4.23. The van der Waals surface area contributed by atoms with Gasteiger partial charge in [0.25, 0.3) is 10.1 Å². The van der Waals surface area contributed by atoms with E-state index in [1.165, 1.54) is 19.9 Å². The molecule has 0 bridgehead atoms. The predicted octanol–water partition coefficient (Wildman–Crippen LogP) is 4.05. The van der Waals surface area contributed by atoms with Crippen molar-refractivity contribution >= 4 is 60.0 Å². The molecule has 1 unspecified atom stereocenters. The first-order chi connectivity index (χ1) is 15.1. The Morgan fingerprint density at radius 3 is 2.03 bits per heavy atom. The molecule has 0 saturated carbocycles. The number of carbonyl (C=O) groups excluding carboxylic acids is 3. The molecule has 162 valence electrons. The lowest BCUT2D eigenvalue weighted by Crippen LogP contribution is -2.33. The van der Waals surface area contributed by atoms with E-state index in [0.29, 0.717) is 5.39 Å². The van der Waals surface area contributed by atoms with E-state index in [1.807, 2.05) is 36.4 Å². The first-order valence-corrected chi connectivity index (χ1v) is 11.1. The molecule has 1 heterocycles. The van der Waals surface area contributed by atoms with Crippen molar-refractivity contribution in [1.82, 2.24) is 0 Å². The van der Waals surface area contributed by atoms with Gasteiger partial charge in [-0.3, -0.25) is 18.9 Å². The molecule has 1 N–H and O–H groups in total. The van der Waals surface area contributed by atoms with Gasteiger partial charge in [0.1, 0.15) is 10.7 Å². The van der Waals surface area contributed by atoms with Gasteiger partial charge in [-0.25, -0.2) is 0 Å². The number of benzene rings is 4. The van der Waals surface area contributed by atoms with E-state index in [0.717, 1.165) is 33.0 Å². The zero-order chi connectivity index (χ0) is 23.2. The van der Waals surface area contributed by atoms with Gasteiger partial charge in [0, 0.05) is 11.5 Å². The average Bonchev–Trinajstić information content (AvgIpc) is 2.70. The number of allylic oxidation sites excluding steroid dienone is 2. The van der Waals surface area contributed by atoms with Crippen molar-refractivity contribution in [3.05, 3.63) is 66.4 Å². The maximum Gasteiger partial charge on any atom is 0.329 e. The van der Waals surface area contributed by atoms with Crippen molar-refractivity contribution in [1.29, 1.82) is 0 Å². The monoisotopic (exact) mass is 450 g/mol. The quantitative estimate of drug-likeness (QED) is 0.212. The van der Waals surface area contributed by atoms with Crippen molar-refractivity contribution in [2.24, 2.45) is 5.92 Å². The molecule has 0 fully saturated rings. The Morgan fingerprint density at radius 2 is 1.47 bits per heavy atom. The summed E-state index contributed by atoms with van der Waals surface area (Å²) < 4.78 is 37.1. The summed E-state index contributed by atoms with van der Waals surface area (Å²) in [6, 6.07) is 16.8. The summed E-state index contributed by atoms with van der Waals surface area (Å²) in [4.78, 5) is 32.7. The SMILES string of the molecule is CC(=O)C1C(=O)C=C(C)OC1=O.O=S(=O)(O)c1ccc2ccc3cccc4ccc1c2c34. The van der Waals surface area contributed by atoms with Gasteiger partial charge >= 0.3 is 5.97 Å². The lowest BCUT2D eigenvalue weighted by molar-refractivity contribution is -0.152. The maximum atomic E-state index is 11.5. The molecule has 0 saturated heterocycles. The normalized spacial score (nSPS) is 16.6. The second-order valence-electron chi connectivity index (χ2n) is 7.52. The summed E-state index contributed by atoms with van der Waals surface area (Å²) in [5, 5.41) is 5.58. The lowest BCUT2D eigenvalue weighted by Gasteiger charge is -2.15. The number of carbonyl (C=O) groups is 3. The molecule has 0 amide bonds. The molecule has 0 spiro atoms. The fourth-order valence-electron chi connectivity index (χ4n) is 3.95. The molecule has 1 aliphatic heterocycles. The smallest absolute Gasteiger partial charge is 0.329 e. The standard InChI is InChI=1S/C16H10O3S.C8H8O4/c17-20(18,19)14-9-7-12-5-4-10-2-1-3-11-6-8-13(14)16(12)15(10)11;1-4-3-6(10)7(5(2)9)8(11)12-4/h1-9H,(H,17,18,19);3,7H,1-2H3. The van der Waals surface area contributed by atoms with Crippen LogP contribution < -0.4 is 0 Å². The molecule has 0 aromatic heterocycles. The van der Waals surface area contributed by atoms with Crippen molar-refractivity contribution in [3.8, 4) is 0 Å². The number of esters is 1. The third kappa shape index (κ3) is 3.74. The molecule has 4 aromatic rings. The minimum Gasteiger partial charge on any atom is -0.430 e. The lowest BCUT2D eigenvalue weighted by atomic mass is 9.94. The maximum absolute atomic E-state index is 11.5. The Balaban J connectivity index is 0.000000176. The first-order valence-electron chi connectivity index (χ1n) is 9.66. The van der Waals surface area contributed by atoms with E-state index in [-0.39, 0.29) is 10.7 Å². The molecule has 7 nitrogen and oxygen atoms in total. The highest BCUT2D eigenvalue weighted by molar-refractivity contribution is 7.86. The van der Waals surface area contributed by atoms with Crippen LogP contribution in [0.15, 0.2) is 71.3 Å². The second-order valence-corrected chi connectivity index (χ2v) is 8.91. The number of rotatable bonds is 2. The van der Waals surface area contributed by atoms with Crippen LogP contribution >= 0.6 is 0 Å². The summed E-state index contributed by atoms with van der Waals surface area (Å²) in [6.45, 7) is 2.68. The Bertz CT molecular complexity index is 1530. The van der Waals surface area contributed by atoms with Gasteiger partial charge < -0.3 is 4.74 Å². The number of hydrogen-bond donors (Lipinski definition) is 1. The van der Waals surface area contributed by atoms with Crippen molar-refractivity contribution in [3.63, 3.8) is 0 Å². The summed E-state index contributed by atoms with van der Waals surface area (Å²) in [5.74, 6) is -2.74. The largest absolute Gasteiger partial charge is 0.430 e. The zero-order valence-electron chi connectivity index (χ0n) is 17.2. The van der Waals surface area contributed by atoms with Crippen LogP contribution in [-0.4, -0.2) is 30.5 Å². The number of ether oxygens (including phenoxy) is 1. The fourth-order valence-corrected chi connectivity index (χ4v) is 4.63. The van der Waals surface area contributed by atoms with Gasteiger partial charge in [0.2, 0.25) is 0 Å². The van der Waals surface area contributed by atoms with Gasteiger partial charge in [0.05, 0.1) is 0 Å². The molecule has 0 aliphatic carbocycles. The highest BCUT2D eigenvalue weighted by Crippen LogP contribution is 2.36. The summed E-state index contributed by atoms with van der Waals surface area (Å²) in [6.07, 6.45) is 1.16. The van der Waals surface area contributed by atoms with E-state index in [1.54, 1.807) is 12.1 Å². The van der Waals surface area contributed by atoms with E-state index in [9.17, 15) is 27.4 Å². The number of Topliss-reactive ketones (excluding diaryl/α,β-unsaturated/α-hetero) is 1. The fraction of sp³-hybridized carbons (Fsp3) is 0.125. The zero-order valence-corrected chi connectivity index (χ0v) is 18.0. The Hall–Kier alpha value is -3.62. The van der Waals surface area contributed by atoms with E-state index >= 15 is 0 Å². The van der Waals surface area contributed by atoms with Crippen LogP contribution in [-0.2, 0) is 29.2 Å². The van der Waals surface area contributed by atoms with E-state index in [2.05, 4.69) is 4.74 Å². The van der Waals surface area contributed by atoms with Gasteiger partial charge in [0.15, 0.2) is 17.5 Å². The van der Waals surface area contributed by atoms with Gasteiger partial charge in [-0.2, -0.15) is 8.42 Å². The Morgan fingerprint density at radius 1 is 0.906 bits per heavy atom. The van der Waals surface area contributed by atoms with Crippen LogP contribution in [0.25, 0.3) is 32.3 Å². The number of cyclic esters (lactones) is 1. The third-order valence-corrected chi connectivity index (χ3v) is 6.21. The van der Waals surface area contributed by atoms with Crippen LogP contribution in [0.2, 0.25) is 0 Å². The van der Waals surface area contributed by atoms with Crippen molar-refractivity contribution in [2.75, 3.05) is 0 Å². The number of ketones is 2. The predicted molar refractivity (Wildman–Crippen MR) is 119 cm³/mol. The average molecular weight is 450 g/mol. The molecule has 5 rings (SSSR count). The second kappa shape index (κ2) is 7.81. The minimum absolute atomic E-state index is 0.0387. The first kappa shape index (κ1) is 21.6. The highest BCUT2D eigenvalue weighted by Gasteiger charge is 2.34.